The highest BCUT2D eigenvalue weighted by molar-refractivity contribution is 5.00. The van der Waals surface area contributed by atoms with Gasteiger partial charge in [-0.1, -0.05) is 32.3 Å². The summed E-state index contributed by atoms with van der Waals surface area (Å²) >= 11 is 0. The van der Waals surface area contributed by atoms with Gasteiger partial charge in [0.15, 0.2) is 5.82 Å². The number of hydrogen-bond donors (Lipinski definition) is 1. The lowest BCUT2D eigenvalue weighted by Gasteiger charge is -2.21. The van der Waals surface area contributed by atoms with Gasteiger partial charge in [0.1, 0.15) is 0 Å². The molecule has 1 aliphatic carbocycles. The van der Waals surface area contributed by atoms with Crippen molar-refractivity contribution in [2.24, 2.45) is 5.92 Å². The van der Waals surface area contributed by atoms with E-state index in [0.717, 1.165) is 31.1 Å². The molecule has 1 aromatic heterocycles. The third-order valence-electron chi connectivity index (χ3n) is 3.81. The number of nitrogens with zero attached hydrogens (tertiary/aromatic N) is 2. The second-order valence-electron chi connectivity index (χ2n) is 5.68. The molecule has 1 atom stereocenters. The summed E-state index contributed by atoms with van der Waals surface area (Å²) in [4.78, 5) is 4.54. The van der Waals surface area contributed by atoms with E-state index in [1.807, 2.05) is 0 Å². The topological polar surface area (TPSA) is 51.0 Å². The van der Waals surface area contributed by atoms with Crippen LogP contribution in [-0.4, -0.2) is 22.7 Å². The molecule has 1 heterocycles. The molecule has 1 aromatic rings. The first-order chi connectivity index (χ1) is 8.70. The van der Waals surface area contributed by atoms with Gasteiger partial charge in [-0.3, -0.25) is 0 Å². The van der Waals surface area contributed by atoms with Crippen molar-refractivity contribution in [3.05, 3.63) is 11.7 Å². The Morgan fingerprint density at radius 1 is 1.39 bits per heavy atom. The maximum Gasteiger partial charge on any atom is 0.228 e. The molecule has 0 radical (unpaired) electrons. The molecule has 0 spiro atoms. The molecule has 2 rings (SSSR count). The molecule has 1 fully saturated rings. The van der Waals surface area contributed by atoms with Crippen molar-refractivity contribution in [2.45, 2.75) is 64.8 Å². The minimum absolute atomic E-state index is 0.430. The van der Waals surface area contributed by atoms with E-state index < -0.39 is 0 Å². The van der Waals surface area contributed by atoms with E-state index in [2.05, 4.69) is 36.2 Å². The Hall–Kier alpha value is -0.900. The lowest BCUT2D eigenvalue weighted by Crippen LogP contribution is -2.36. The normalized spacial score (nSPS) is 18.0. The Kier molecular flexibility index (Phi) is 4.75. The minimum Gasteiger partial charge on any atom is -0.339 e. The van der Waals surface area contributed by atoms with E-state index in [0.29, 0.717) is 17.9 Å². The van der Waals surface area contributed by atoms with Gasteiger partial charge in [-0.15, -0.1) is 0 Å². The standard InChI is InChI=1S/C14H25N3O/c1-4-8-15-12(10(2)3)9-13-16-14(17-18-13)11-6-5-7-11/h10-12,15H,4-9H2,1-3H3. The van der Waals surface area contributed by atoms with E-state index >= 15 is 0 Å². The first kappa shape index (κ1) is 13.5. The molecule has 0 aliphatic heterocycles. The van der Waals surface area contributed by atoms with Crippen LogP contribution in [-0.2, 0) is 6.42 Å². The van der Waals surface area contributed by atoms with E-state index in [-0.39, 0.29) is 0 Å². The molecule has 1 saturated carbocycles. The highest BCUT2D eigenvalue weighted by Gasteiger charge is 2.25. The Morgan fingerprint density at radius 2 is 2.17 bits per heavy atom. The molecule has 102 valence electrons. The highest BCUT2D eigenvalue weighted by Crippen LogP contribution is 2.34. The van der Waals surface area contributed by atoms with Crippen LogP contribution >= 0.6 is 0 Å². The van der Waals surface area contributed by atoms with Crippen LogP contribution in [0.1, 0.15) is 64.1 Å². The monoisotopic (exact) mass is 251 g/mol. The third kappa shape index (κ3) is 3.31. The van der Waals surface area contributed by atoms with Gasteiger partial charge in [-0.2, -0.15) is 4.98 Å². The van der Waals surface area contributed by atoms with E-state index in [1.54, 1.807) is 0 Å². The predicted molar refractivity (Wildman–Crippen MR) is 71.5 cm³/mol. The third-order valence-corrected chi connectivity index (χ3v) is 3.81. The molecule has 4 heteroatoms. The van der Waals surface area contributed by atoms with Gasteiger partial charge in [0.25, 0.3) is 0 Å². The maximum atomic E-state index is 5.38. The lowest BCUT2D eigenvalue weighted by atomic mass is 9.85. The Labute approximate surface area is 110 Å². The second kappa shape index (κ2) is 6.32. The van der Waals surface area contributed by atoms with Gasteiger partial charge in [0, 0.05) is 18.4 Å². The van der Waals surface area contributed by atoms with Crippen molar-refractivity contribution < 1.29 is 4.52 Å². The van der Waals surface area contributed by atoms with Crippen LogP contribution in [0.4, 0.5) is 0 Å². The molecule has 1 N–H and O–H groups in total. The van der Waals surface area contributed by atoms with E-state index in [1.165, 1.54) is 19.3 Å². The quantitative estimate of drug-likeness (QED) is 0.809. The summed E-state index contributed by atoms with van der Waals surface area (Å²) in [5.74, 6) is 2.85. The summed E-state index contributed by atoms with van der Waals surface area (Å²) in [5.41, 5.74) is 0. The molecule has 0 bridgehead atoms. The van der Waals surface area contributed by atoms with Crippen molar-refractivity contribution in [2.75, 3.05) is 6.54 Å². The van der Waals surface area contributed by atoms with Crippen LogP contribution in [0.3, 0.4) is 0 Å². The van der Waals surface area contributed by atoms with Gasteiger partial charge < -0.3 is 9.84 Å². The zero-order chi connectivity index (χ0) is 13.0. The first-order valence-electron chi connectivity index (χ1n) is 7.26. The minimum atomic E-state index is 0.430. The summed E-state index contributed by atoms with van der Waals surface area (Å²) in [7, 11) is 0. The van der Waals surface area contributed by atoms with Crippen molar-refractivity contribution >= 4 is 0 Å². The van der Waals surface area contributed by atoms with Crippen LogP contribution in [0.15, 0.2) is 4.52 Å². The zero-order valence-corrected chi connectivity index (χ0v) is 11.8. The van der Waals surface area contributed by atoms with Crippen LogP contribution < -0.4 is 5.32 Å². The molecule has 1 unspecified atom stereocenters. The summed E-state index contributed by atoms with van der Waals surface area (Å²) in [5, 5.41) is 7.67. The van der Waals surface area contributed by atoms with E-state index in [9.17, 15) is 0 Å². The van der Waals surface area contributed by atoms with Crippen molar-refractivity contribution in [1.29, 1.82) is 0 Å². The molecule has 0 amide bonds. The average Bonchev–Trinajstić information content (AvgIpc) is 2.69. The van der Waals surface area contributed by atoms with Crippen molar-refractivity contribution in [1.82, 2.24) is 15.5 Å². The SMILES string of the molecule is CCCNC(Cc1nc(C2CCC2)no1)C(C)C. The average molecular weight is 251 g/mol. The zero-order valence-electron chi connectivity index (χ0n) is 11.8. The Bertz CT molecular complexity index is 358. The van der Waals surface area contributed by atoms with Gasteiger partial charge in [-0.25, -0.2) is 0 Å². The fraction of sp³-hybridized carbons (Fsp3) is 0.857. The fourth-order valence-corrected chi connectivity index (χ4v) is 2.24. The van der Waals surface area contributed by atoms with Gasteiger partial charge >= 0.3 is 0 Å². The van der Waals surface area contributed by atoms with Crippen LogP contribution in [0, 0.1) is 5.92 Å². The lowest BCUT2D eigenvalue weighted by molar-refractivity contribution is 0.318. The maximum absolute atomic E-state index is 5.38. The van der Waals surface area contributed by atoms with Crippen LogP contribution in [0.2, 0.25) is 0 Å². The number of hydrogen-bond acceptors (Lipinski definition) is 4. The molecular formula is C14H25N3O. The fourth-order valence-electron chi connectivity index (χ4n) is 2.24. The smallest absolute Gasteiger partial charge is 0.228 e. The number of rotatable bonds is 7. The molecule has 1 aliphatic rings. The van der Waals surface area contributed by atoms with Crippen LogP contribution in [0.5, 0.6) is 0 Å². The van der Waals surface area contributed by atoms with Gasteiger partial charge in [0.2, 0.25) is 5.89 Å². The molecule has 0 aromatic carbocycles. The highest BCUT2D eigenvalue weighted by atomic mass is 16.5. The predicted octanol–water partition coefficient (Wildman–Crippen LogP) is 2.90. The summed E-state index contributed by atoms with van der Waals surface area (Å²) < 4.78 is 5.38. The Morgan fingerprint density at radius 3 is 2.72 bits per heavy atom. The second-order valence-corrected chi connectivity index (χ2v) is 5.68. The molecular weight excluding hydrogens is 226 g/mol. The van der Waals surface area contributed by atoms with E-state index in [4.69, 9.17) is 4.52 Å². The number of aromatic nitrogens is 2. The van der Waals surface area contributed by atoms with Gasteiger partial charge in [0.05, 0.1) is 0 Å². The summed E-state index contributed by atoms with van der Waals surface area (Å²) in [6, 6.07) is 0.430. The number of nitrogens with one attached hydrogen (secondary N) is 1. The van der Waals surface area contributed by atoms with Crippen LogP contribution in [0.25, 0.3) is 0 Å². The first-order valence-corrected chi connectivity index (χ1v) is 7.26. The largest absolute Gasteiger partial charge is 0.339 e. The summed E-state index contributed by atoms with van der Waals surface area (Å²) in [6.45, 7) is 7.70. The van der Waals surface area contributed by atoms with Crippen molar-refractivity contribution in [3.8, 4) is 0 Å². The summed E-state index contributed by atoms with van der Waals surface area (Å²) in [6.07, 6.45) is 5.75. The van der Waals surface area contributed by atoms with Gasteiger partial charge in [-0.05, 0) is 31.7 Å². The molecule has 18 heavy (non-hydrogen) atoms. The Balaban J connectivity index is 1.91. The molecule has 4 nitrogen and oxygen atoms in total. The van der Waals surface area contributed by atoms with Crippen molar-refractivity contribution in [3.63, 3.8) is 0 Å². The molecule has 0 saturated heterocycles.